The minimum absolute atomic E-state index is 0.239. The summed E-state index contributed by atoms with van der Waals surface area (Å²) in [6, 6.07) is 12.4. The van der Waals surface area contributed by atoms with Gasteiger partial charge in [0.1, 0.15) is 17.8 Å². The molecule has 1 saturated carbocycles. The molecule has 3 aliphatic rings. The summed E-state index contributed by atoms with van der Waals surface area (Å²) in [6.45, 7) is 0. The van der Waals surface area contributed by atoms with Crippen LogP contribution in [-0.2, 0) is 4.79 Å². The van der Waals surface area contributed by atoms with E-state index in [4.69, 9.17) is 5.26 Å². The number of halogens is 2. The third-order valence-corrected chi connectivity index (χ3v) is 5.62. The highest BCUT2D eigenvalue weighted by atomic mass is 19.1. The van der Waals surface area contributed by atoms with Crippen molar-refractivity contribution in [2.24, 2.45) is 11.0 Å². The van der Waals surface area contributed by atoms with Crippen molar-refractivity contribution < 1.29 is 13.6 Å². The third-order valence-electron chi connectivity index (χ3n) is 5.62. The summed E-state index contributed by atoms with van der Waals surface area (Å²) in [7, 11) is 0. The zero-order valence-electron chi connectivity index (χ0n) is 16.9. The Hall–Kier alpha value is -4.05. The number of nitrogens with one attached hydrogen (secondary N) is 1. The van der Waals surface area contributed by atoms with Crippen molar-refractivity contribution in [2.75, 3.05) is 0 Å². The number of rotatable bonds is 3. The summed E-state index contributed by atoms with van der Waals surface area (Å²) in [6.07, 6.45) is 8.03. The van der Waals surface area contributed by atoms with Crippen LogP contribution in [0.5, 0.6) is 0 Å². The predicted octanol–water partition coefficient (Wildman–Crippen LogP) is 4.35. The number of hydrazone groups is 1. The number of amides is 1. The maximum atomic E-state index is 14.6. The number of allylic oxidation sites excluding steroid dienone is 3. The fraction of sp³-hybridized carbons (Fsp3) is 0.160. The molecule has 158 valence electrons. The molecule has 5 rings (SSSR count). The van der Waals surface area contributed by atoms with Gasteiger partial charge in [0.25, 0.3) is 5.91 Å². The van der Waals surface area contributed by atoms with E-state index in [9.17, 15) is 13.6 Å². The average molecular weight is 428 g/mol. The molecule has 1 aliphatic carbocycles. The summed E-state index contributed by atoms with van der Waals surface area (Å²) >= 11 is 0. The molecule has 0 radical (unpaired) electrons. The molecule has 7 heteroatoms. The predicted molar refractivity (Wildman–Crippen MR) is 117 cm³/mol. The molecule has 1 unspecified atom stereocenters. The van der Waals surface area contributed by atoms with Gasteiger partial charge in [-0.25, -0.2) is 13.8 Å². The molecule has 1 N–H and O–H groups in total. The maximum absolute atomic E-state index is 14.6. The normalized spacial score (nSPS) is 24.4. The molecule has 0 bridgehead atoms. The Morgan fingerprint density at radius 1 is 1.09 bits per heavy atom. The second-order valence-electron chi connectivity index (χ2n) is 7.90. The summed E-state index contributed by atoms with van der Waals surface area (Å²) in [4.78, 5) is 13.0. The first-order valence-corrected chi connectivity index (χ1v) is 10.3. The van der Waals surface area contributed by atoms with Crippen molar-refractivity contribution in [3.63, 3.8) is 0 Å². The molecule has 32 heavy (non-hydrogen) atoms. The van der Waals surface area contributed by atoms with Gasteiger partial charge in [-0.05, 0) is 60.4 Å². The number of fused-ring (bicyclic) bond motifs is 1. The van der Waals surface area contributed by atoms with E-state index in [0.29, 0.717) is 16.8 Å². The number of carbonyl (C=O) groups excluding carboxylic acids is 1. The van der Waals surface area contributed by atoms with E-state index < -0.39 is 17.8 Å². The zero-order valence-corrected chi connectivity index (χ0v) is 16.9. The van der Waals surface area contributed by atoms with Gasteiger partial charge >= 0.3 is 0 Å². The van der Waals surface area contributed by atoms with Crippen LogP contribution in [0.1, 0.15) is 29.5 Å². The standard InChI is InChI=1S/C25H18F2N4O/c26-19-8-9-20(21(27)12-19)18-7-10-22(16-5-6-16)30-31-24(11-18)29-23(13-25(31)32)17-3-1-15(14-28)2-4-17/h1-4,7-13,16,24,29H,5-6H2/b10-7-,18-11+,30-22+. The van der Waals surface area contributed by atoms with Crippen molar-refractivity contribution in [1.82, 2.24) is 10.3 Å². The van der Waals surface area contributed by atoms with Crippen molar-refractivity contribution in [3.05, 3.63) is 95.1 Å². The van der Waals surface area contributed by atoms with Crippen molar-refractivity contribution in [2.45, 2.75) is 19.0 Å². The van der Waals surface area contributed by atoms with Crippen molar-refractivity contribution in [1.29, 1.82) is 5.26 Å². The van der Waals surface area contributed by atoms with Crippen molar-refractivity contribution in [3.8, 4) is 6.07 Å². The minimum Gasteiger partial charge on any atom is -0.360 e. The lowest BCUT2D eigenvalue weighted by Crippen LogP contribution is -2.48. The minimum atomic E-state index is -0.678. The van der Waals surface area contributed by atoms with Crippen LogP contribution < -0.4 is 5.32 Å². The van der Waals surface area contributed by atoms with Gasteiger partial charge in [-0.1, -0.05) is 18.2 Å². The van der Waals surface area contributed by atoms with Crippen LogP contribution in [-0.4, -0.2) is 22.8 Å². The Balaban J connectivity index is 1.58. The van der Waals surface area contributed by atoms with Gasteiger partial charge in [0.05, 0.1) is 17.3 Å². The van der Waals surface area contributed by atoms with E-state index >= 15 is 0 Å². The number of hydrogen-bond donors (Lipinski definition) is 1. The van der Waals surface area contributed by atoms with Crippen LogP contribution in [0.2, 0.25) is 0 Å². The molecule has 2 aromatic rings. The highest BCUT2D eigenvalue weighted by molar-refractivity contribution is 6.03. The van der Waals surface area contributed by atoms with E-state index in [0.717, 1.165) is 30.2 Å². The van der Waals surface area contributed by atoms with E-state index in [2.05, 4.69) is 16.5 Å². The number of hydrogen-bond acceptors (Lipinski definition) is 4. The Kier molecular flexibility index (Phi) is 4.91. The molecule has 0 spiro atoms. The summed E-state index contributed by atoms with van der Waals surface area (Å²) in [5.41, 5.74) is 3.35. The lowest BCUT2D eigenvalue weighted by molar-refractivity contribution is -0.128. The van der Waals surface area contributed by atoms with E-state index in [-0.39, 0.29) is 17.4 Å². The smallest absolute Gasteiger partial charge is 0.271 e. The lowest BCUT2D eigenvalue weighted by atomic mass is 10.0. The van der Waals surface area contributed by atoms with Gasteiger partial charge in [-0.3, -0.25) is 4.79 Å². The summed E-state index contributed by atoms with van der Waals surface area (Å²) in [5.74, 6) is -1.37. The molecule has 5 nitrogen and oxygen atoms in total. The first kappa shape index (κ1) is 19.9. The first-order valence-electron chi connectivity index (χ1n) is 10.3. The van der Waals surface area contributed by atoms with Gasteiger partial charge in [0.2, 0.25) is 0 Å². The monoisotopic (exact) mass is 428 g/mol. The van der Waals surface area contributed by atoms with Crippen LogP contribution in [0.3, 0.4) is 0 Å². The topological polar surface area (TPSA) is 68.5 Å². The van der Waals surface area contributed by atoms with Gasteiger partial charge in [0.15, 0.2) is 0 Å². The third kappa shape index (κ3) is 3.83. The molecule has 1 fully saturated rings. The second kappa shape index (κ2) is 7.89. The number of nitriles is 1. The highest BCUT2D eigenvalue weighted by Crippen LogP contribution is 2.34. The second-order valence-corrected chi connectivity index (χ2v) is 7.90. The highest BCUT2D eigenvalue weighted by Gasteiger charge is 2.33. The Morgan fingerprint density at radius 2 is 1.88 bits per heavy atom. The Bertz CT molecular complexity index is 1260. The van der Waals surface area contributed by atoms with Crippen LogP contribution in [0.15, 0.2) is 71.9 Å². The van der Waals surface area contributed by atoms with Crippen LogP contribution in [0, 0.1) is 28.9 Å². The molecule has 0 aromatic heterocycles. The van der Waals surface area contributed by atoms with Crippen LogP contribution >= 0.6 is 0 Å². The molecular weight excluding hydrogens is 410 g/mol. The van der Waals surface area contributed by atoms with Gasteiger partial charge in [-0.15, -0.1) is 0 Å². The Labute approximate surface area is 183 Å². The SMILES string of the molecule is N#Cc1ccc(C2=CC(=O)N3\N=C(C4CC4)/C=C\C(c4ccc(F)cc4F)=C/C3N2)cc1. The number of nitrogens with zero attached hydrogens (tertiary/aromatic N) is 3. The van der Waals surface area contributed by atoms with Crippen molar-refractivity contribution >= 4 is 22.9 Å². The van der Waals surface area contributed by atoms with Crippen LogP contribution in [0.4, 0.5) is 8.78 Å². The molecular formula is C25H18F2N4O. The summed E-state index contributed by atoms with van der Waals surface area (Å²) in [5, 5.41) is 18.2. The fourth-order valence-corrected chi connectivity index (χ4v) is 3.76. The molecule has 2 heterocycles. The lowest BCUT2D eigenvalue weighted by Gasteiger charge is -2.33. The fourth-order valence-electron chi connectivity index (χ4n) is 3.76. The first-order chi connectivity index (χ1) is 15.5. The molecule has 2 aliphatic heterocycles. The molecule has 1 atom stereocenters. The van der Waals surface area contributed by atoms with E-state index in [1.807, 2.05) is 0 Å². The van der Waals surface area contributed by atoms with Gasteiger partial charge in [0, 0.05) is 29.3 Å². The largest absolute Gasteiger partial charge is 0.360 e. The van der Waals surface area contributed by atoms with Gasteiger partial charge < -0.3 is 5.32 Å². The van der Waals surface area contributed by atoms with E-state index in [1.54, 1.807) is 42.5 Å². The van der Waals surface area contributed by atoms with Crippen LogP contribution in [0.25, 0.3) is 11.3 Å². The number of carbonyl (C=O) groups is 1. The zero-order chi connectivity index (χ0) is 22.2. The summed E-state index contributed by atoms with van der Waals surface area (Å²) < 4.78 is 28.0. The maximum Gasteiger partial charge on any atom is 0.271 e. The molecule has 1 amide bonds. The Morgan fingerprint density at radius 3 is 2.56 bits per heavy atom. The average Bonchev–Trinajstić information content (AvgIpc) is 3.60. The molecule has 0 saturated heterocycles. The molecule has 2 aromatic carbocycles. The van der Waals surface area contributed by atoms with E-state index in [1.165, 1.54) is 23.2 Å². The van der Waals surface area contributed by atoms with Gasteiger partial charge in [-0.2, -0.15) is 10.4 Å². The number of benzene rings is 2. The quantitative estimate of drug-likeness (QED) is 0.790.